The molecule has 3 heterocycles. The molecule has 3 aromatic heterocycles. The molecule has 27 heavy (non-hydrogen) atoms. The molecule has 1 unspecified atom stereocenters. The molecular weight excluding hydrogens is 380 g/mol. The molecule has 1 atom stereocenters. The summed E-state index contributed by atoms with van der Waals surface area (Å²) in [5.41, 5.74) is 2.56. The molecule has 0 N–H and O–H groups in total. The lowest BCUT2D eigenvalue weighted by molar-refractivity contribution is -0.139. The van der Waals surface area contributed by atoms with E-state index in [1.165, 1.54) is 28.6 Å². The maximum absolute atomic E-state index is 11.6. The highest BCUT2D eigenvalue weighted by atomic mass is 32.2. The number of carbonyl (C=O) groups is 1. The molecule has 3 aromatic rings. The predicted molar refractivity (Wildman–Crippen MR) is 108 cm³/mol. The van der Waals surface area contributed by atoms with Gasteiger partial charge in [0.1, 0.15) is 11.2 Å². The standard InChI is InChI=1S/C19H24N4O2S2/c1-5-25-14(24)9-26-18-22-21-16-15-12-7-6-11(19(2,3)4)8-13(12)27-17(15)20-10-23(16)18/h10-11H,5-9H2,1-4H3. The van der Waals surface area contributed by atoms with E-state index in [4.69, 9.17) is 4.74 Å². The lowest BCUT2D eigenvalue weighted by Gasteiger charge is -2.33. The molecule has 0 bridgehead atoms. The van der Waals surface area contributed by atoms with Crippen LogP contribution in [0.5, 0.6) is 0 Å². The van der Waals surface area contributed by atoms with Crippen LogP contribution in [-0.2, 0) is 22.4 Å². The van der Waals surface area contributed by atoms with Crippen molar-refractivity contribution in [2.45, 2.75) is 52.1 Å². The van der Waals surface area contributed by atoms with Gasteiger partial charge in [-0.1, -0.05) is 32.5 Å². The van der Waals surface area contributed by atoms with E-state index in [0.29, 0.717) is 23.1 Å². The predicted octanol–water partition coefficient (Wildman–Crippen LogP) is 4.15. The zero-order valence-electron chi connectivity index (χ0n) is 16.1. The smallest absolute Gasteiger partial charge is 0.316 e. The van der Waals surface area contributed by atoms with Gasteiger partial charge >= 0.3 is 5.97 Å². The van der Waals surface area contributed by atoms with Crippen LogP contribution in [0.1, 0.15) is 44.6 Å². The summed E-state index contributed by atoms with van der Waals surface area (Å²) in [7, 11) is 0. The molecule has 0 spiro atoms. The molecule has 6 nitrogen and oxygen atoms in total. The number of ether oxygens (including phenoxy) is 1. The van der Waals surface area contributed by atoms with E-state index in [9.17, 15) is 4.79 Å². The van der Waals surface area contributed by atoms with Crippen molar-refractivity contribution in [2.24, 2.45) is 11.3 Å². The third-order valence-electron chi connectivity index (χ3n) is 5.27. The van der Waals surface area contributed by atoms with E-state index >= 15 is 0 Å². The SMILES string of the molecule is CCOC(=O)CSc1nnc2c3c4c(sc3ncn12)CC(C(C)(C)C)CC4. The van der Waals surface area contributed by atoms with Crippen molar-refractivity contribution in [1.29, 1.82) is 0 Å². The van der Waals surface area contributed by atoms with Crippen molar-refractivity contribution in [3.63, 3.8) is 0 Å². The number of hydrogen-bond donors (Lipinski definition) is 0. The molecule has 0 aromatic carbocycles. The summed E-state index contributed by atoms with van der Waals surface area (Å²) in [5, 5.41) is 10.5. The van der Waals surface area contributed by atoms with E-state index < -0.39 is 0 Å². The van der Waals surface area contributed by atoms with Crippen LogP contribution < -0.4 is 0 Å². The number of thiophene rings is 1. The fraction of sp³-hybridized carbons (Fsp3) is 0.579. The Labute approximate surface area is 166 Å². The van der Waals surface area contributed by atoms with Crippen molar-refractivity contribution in [2.75, 3.05) is 12.4 Å². The second kappa shape index (κ2) is 7.05. The molecule has 1 aliphatic rings. The third kappa shape index (κ3) is 3.45. The van der Waals surface area contributed by atoms with Crippen LogP contribution in [0.25, 0.3) is 15.9 Å². The third-order valence-corrected chi connectivity index (χ3v) is 7.35. The minimum atomic E-state index is -0.241. The topological polar surface area (TPSA) is 69.4 Å². The van der Waals surface area contributed by atoms with Crippen LogP contribution >= 0.6 is 23.1 Å². The van der Waals surface area contributed by atoms with Gasteiger partial charge in [0.25, 0.3) is 0 Å². The molecule has 0 saturated heterocycles. The van der Waals surface area contributed by atoms with Gasteiger partial charge in [-0.3, -0.25) is 9.20 Å². The maximum atomic E-state index is 11.6. The van der Waals surface area contributed by atoms with Crippen LogP contribution in [0.15, 0.2) is 11.5 Å². The van der Waals surface area contributed by atoms with Crippen molar-refractivity contribution >= 4 is 44.9 Å². The van der Waals surface area contributed by atoms with E-state index in [1.807, 2.05) is 4.40 Å². The average molecular weight is 405 g/mol. The van der Waals surface area contributed by atoms with Gasteiger partial charge in [0.05, 0.1) is 17.7 Å². The first-order valence-electron chi connectivity index (χ1n) is 9.31. The summed E-state index contributed by atoms with van der Waals surface area (Å²) in [4.78, 5) is 18.8. The summed E-state index contributed by atoms with van der Waals surface area (Å²) in [6, 6.07) is 0. The fourth-order valence-corrected chi connectivity index (χ4v) is 5.68. The second-order valence-electron chi connectivity index (χ2n) is 8.00. The number of thioether (sulfide) groups is 1. The zero-order valence-corrected chi connectivity index (χ0v) is 17.7. The minimum absolute atomic E-state index is 0.224. The Morgan fingerprint density at radius 1 is 1.41 bits per heavy atom. The highest BCUT2D eigenvalue weighted by molar-refractivity contribution is 7.99. The number of rotatable bonds is 4. The van der Waals surface area contributed by atoms with Crippen LogP contribution in [0.2, 0.25) is 0 Å². The molecule has 8 heteroatoms. The number of hydrogen-bond acceptors (Lipinski definition) is 7. The van der Waals surface area contributed by atoms with Gasteiger partial charge in [0.15, 0.2) is 10.8 Å². The Morgan fingerprint density at radius 2 is 2.22 bits per heavy atom. The van der Waals surface area contributed by atoms with Gasteiger partial charge < -0.3 is 4.74 Å². The van der Waals surface area contributed by atoms with Gasteiger partial charge in [0.2, 0.25) is 0 Å². The molecule has 0 radical (unpaired) electrons. The summed E-state index contributed by atoms with van der Waals surface area (Å²) in [6.45, 7) is 9.19. The average Bonchev–Trinajstić information content (AvgIpc) is 3.19. The van der Waals surface area contributed by atoms with Gasteiger partial charge in [-0.05, 0) is 43.1 Å². The largest absolute Gasteiger partial charge is 0.465 e. The van der Waals surface area contributed by atoms with Crippen LogP contribution in [0.4, 0.5) is 0 Å². The maximum Gasteiger partial charge on any atom is 0.316 e. The first-order chi connectivity index (χ1) is 12.9. The first kappa shape index (κ1) is 18.7. The van der Waals surface area contributed by atoms with Gasteiger partial charge in [-0.2, -0.15) is 0 Å². The van der Waals surface area contributed by atoms with Crippen LogP contribution in [0, 0.1) is 11.3 Å². The van der Waals surface area contributed by atoms with E-state index in [1.54, 1.807) is 24.6 Å². The number of fused-ring (bicyclic) bond motifs is 5. The second-order valence-corrected chi connectivity index (χ2v) is 10.0. The molecule has 4 rings (SSSR count). The summed E-state index contributed by atoms with van der Waals surface area (Å²) in [5.74, 6) is 0.680. The van der Waals surface area contributed by atoms with Crippen molar-refractivity contribution < 1.29 is 9.53 Å². The lowest BCUT2D eigenvalue weighted by atomic mass is 9.72. The van der Waals surface area contributed by atoms with Crippen LogP contribution in [0.3, 0.4) is 0 Å². The van der Waals surface area contributed by atoms with E-state index in [-0.39, 0.29) is 11.7 Å². The van der Waals surface area contributed by atoms with Crippen LogP contribution in [-0.4, -0.2) is 37.9 Å². The summed E-state index contributed by atoms with van der Waals surface area (Å²) < 4.78 is 6.89. The Bertz CT molecular complexity index is 1000. The quantitative estimate of drug-likeness (QED) is 0.481. The monoisotopic (exact) mass is 404 g/mol. The molecule has 0 fully saturated rings. The lowest BCUT2D eigenvalue weighted by Crippen LogP contribution is -2.26. The molecular formula is C19H24N4O2S2. The Morgan fingerprint density at radius 3 is 2.96 bits per heavy atom. The Balaban J connectivity index is 1.69. The van der Waals surface area contributed by atoms with Crippen molar-refractivity contribution in [3.05, 3.63) is 16.8 Å². The highest BCUT2D eigenvalue weighted by Crippen LogP contribution is 2.43. The van der Waals surface area contributed by atoms with E-state index in [0.717, 1.165) is 28.7 Å². The highest BCUT2D eigenvalue weighted by Gasteiger charge is 2.31. The summed E-state index contributed by atoms with van der Waals surface area (Å²) in [6.07, 6.45) is 5.15. The van der Waals surface area contributed by atoms with E-state index in [2.05, 4.69) is 36.0 Å². The van der Waals surface area contributed by atoms with Gasteiger partial charge in [-0.25, -0.2) is 4.98 Å². The van der Waals surface area contributed by atoms with Crippen molar-refractivity contribution in [1.82, 2.24) is 19.6 Å². The number of esters is 1. The number of aryl methyl sites for hydroxylation is 1. The minimum Gasteiger partial charge on any atom is -0.465 e. The first-order valence-corrected chi connectivity index (χ1v) is 11.1. The molecule has 0 saturated carbocycles. The van der Waals surface area contributed by atoms with Crippen molar-refractivity contribution in [3.8, 4) is 0 Å². The molecule has 144 valence electrons. The molecule has 0 amide bonds. The molecule has 0 aliphatic heterocycles. The van der Waals surface area contributed by atoms with Gasteiger partial charge in [-0.15, -0.1) is 21.5 Å². The number of carbonyl (C=O) groups excluding carboxylic acids is 1. The number of aromatic nitrogens is 4. The summed E-state index contributed by atoms with van der Waals surface area (Å²) >= 11 is 3.13. The fourth-order valence-electron chi connectivity index (χ4n) is 3.72. The zero-order chi connectivity index (χ0) is 19.2. The molecule has 1 aliphatic carbocycles. The number of nitrogens with zero attached hydrogens (tertiary/aromatic N) is 4. The van der Waals surface area contributed by atoms with Gasteiger partial charge in [0, 0.05) is 4.88 Å². The Kier molecular flexibility index (Phi) is 4.88. The normalized spacial score (nSPS) is 17.4. The Hall–Kier alpha value is -1.67.